The minimum Gasteiger partial charge on any atom is -0.304 e. The first kappa shape index (κ1) is 12.5. The number of nitrogens with one attached hydrogen (secondary N) is 1. The summed E-state index contributed by atoms with van der Waals surface area (Å²) in [5.74, 6) is 2.74. The van der Waals surface area contributed by atoms with Crippen molar-refractivity contribution >= 4 is 0 Å². The molecule has 1 heteroatoms. The van der Waals surface area contributed by atoms with E-state index in [0.717, 1.165) is 13.0 Å². The average Bonchev–Trinajstić information content (AvgIpc) is 2.17. The highest BCUT2D eigenvalue weighted by molar-refractivity contribution is 4.97. The Morgan fingerprint density at radius 2 is 1.85 bits per heavy atom. The Labute approximate surface area is 83.3 Å². The molecule has 0 fully saturated rings. The molecule has 0 saturated carbocycles. The van der Waals surface area contributed by atoms with Gasteiger partial charge in [-0.2, -0.15) is 0 Å². The van der Waals surface area contributed by atoms with E-state index in [1.807, 2.05) is 0 Å². The van der Waals surface area contributed by atoms with Crippen LogP contribution in [-0.2, 0) is 0 Å². The summed E-state index contributed by atoms with van der Waals surface area (Å²) in [6.45, 7) is 5.44. The van der Waals surface area contributed by atoms with Gasteiger partial charge in [-0.3, -0.25) is 0 Å². The third-order valence-electron chi connectivity index (χ3n) is 2.28. The maximum absolute atomic E-state index is 5.33. The minimum atomic E-state index is 0.283. The number of unbranched alkanes of at least 4 members (excludes halogenated alkanes) is 4. The molecule has 0 aromatic heterocycles. The molecular formula is C12H23N. The Bertz CT molecular complexity index is 135. The molecule has 0 amide bonds. The molecule has 0 rings (SSSR count). The molecule has 0 aromatic carbocycles. The van der Waals surface area contributed by atoms with E-state index in [2.05, 4.69) is 25.1 Å². The molecule has 1 unspecified atom stereocenters. The zero-order valence-corrected chi connectivity index (χ0v) is 9.10. The second-order valence-electron chi connectivity index (χ2n) is 3.50. The fourth-order valence-electron chi connectivity index (χ4n) is 1.33. The Kier molecular flexibility index (Phi) is 9.25. The average molecular weight is 181 g/mol. The van der Waals surface area contributed by atoms with E-state index in [1.165, 1.54) is 32.1 Å². The van der Waals surface area contributed by atoms with Crippen molar-refractivity contribution in [1.82, 2.24) is 5.32 Å². The van der Waals surface area contributed by atoms with Crippen molar-refractivity contribution in [2.24, 2.45) is 0 Å². The predicted octanol–water partition coefficient (Wildman–Crippen LogP) is 2.96. The Hall–Kier alpha value is -0.480. The van der Waals surface area contributed by atoms with Crippen LogP contribution in [0.1, 0.15) is 52.4 Å². The summed E-state index contributed by atoms with van der Waals surface area (Å²) >= 11 is 0. The lowest BCUT2D eigenvalue weighted by Crippen LogP contribution is -2.27. The molecule has 0 aliphatic rings. The molecule has 1 N–H and O–H groups in total. The fraction of sp³-hybridized carbons (Fsp3) is 0.833. The van der Waals surface area contributed by atoms with E-state index in [-0.39, 0.29) is 6.04 Å². The van der Waals surface area contributed by atoms with Crippen molar-refractivity contribution < 1.29 is 0 Å². The summed E-state index contributed by atoms with van der Waals surface area (Å²) in [5, 5.41) is 3.36. The lowest BCUT2D eigenvalue weighted by Gasteiger charge is -2.09. The highest BCUT2D eigenvalue weighted by Gasteiger charge is 1.98. The van der Waals surface area contributed by atoms with Crippen LogP contribution in [0.25, 0.3) is 0 Å². The van der Waals surface area contributed by atoms with Gasteiger partial charge in [-0.05, 0) is 19.4 Å². The lowest BCUT2D eigenvalue weighted by atomic mass is 10.1. The quantitative estimate of drug-likeness (QED) is 0.448. The maximum atomic E-state index is 5.33. The van der Waals surface area contributed by atoms with Crippen molar-refractivity contribution in [3.63, 3.8) is 0 Å². The largest absolute Gasteiger partial charge is 0.304 e. The van der Waals surface area contributed by atoms with E-state index in [0.29, 0.717) is 0 Å². The second kappa shape index (κ2) is 9.61. The first-order valence-electron chi connectivity index (χ1n) is 5.54. The SMILES string of the molecule is C#CC(CC)NCCCCCCC. The topological polar surface area (TPSA) is 12.0 Å². The van der Waals surface area contributed by atoms with Crippen molar-refractivity contribution in [3.05, 3.63) is 0 Å². The maximum Gasteiger partial charge on any atom is 0.0684 e. The molecule has 0 bridgehead atoms. The molecule has 1 atom stereocenters. The van der Waals surface area contributed by atoms with Crippen LogP contribution >= 0.6 is 0 Å². The molecule has 0 saturated heterocycles. The van der Waals surface area contributed by atoms with Gasteiger partial charge in [-0.15, -0.1) is 6.42 Å². The molecule has 0 aliphatic carbocycles. The standard InChI is InChI=1S/C12H23N/c1-4-7-8-9-10-11-13-12(5-2)6-3/h2,12-13H,4,6-11H2,1,3H3. The van der Waals surface area contributed by atoms with Gasteiger partial charge in [0.1, 0.15) is 0 Å². The highest BCUT2D eigenvalue weighted by atomic mass is 14.9. The van der Waals surface area contributed by atoms with E-state index in [9.17, 15) is 0 Å². The molecule has 0 aromatic rings. The molecule has 0 heterocycles. The number of hydrogen-bond acceptors (Lipinski definition) is 1. The summed E-state index contributed by atoms with van der Waals surface area (Å²) in [6.07, 6.45) is 13.0. The first-order valence-corrected chi connectivity index (χ1v) is 5.54. The number of terminal acetylenes is 1. The van der Waals surface area contributed by atoms with E-state index < -0.39 is 0 Å². The van der Waals surface area contributed by atoms with Gasteiger partial charge >= 0.3 is 0 Å². The highest BCUT2D eigenvalue weighted by Crippen LogP contribution is 2.01. The van der Waals surface area contributed by atoms with Gasteiger partial charge in [-0.1, -0.05) is 45.5 Å². The van der Waals surface area contributed by atoms with Crippen LogP contribution in [0.4, 0.5) is 0 Å². The third kappa shape index (κ3) is 7.87. The van der Waals surface area contributed by atoms with Gasteiger partial charge < -0.3 is 5.32 Å². The van der Waals surface area contributed by atoms with Gasteiger partial charge in [0.05, 0.1) is 6.04 Å². The summed E-state index contributed by atoms with van der Waals surface area (Å²) in [6, 6.07) is 0.283. The first-order chi connectivity index (χ1) is 6.35. The van der Waals surface area contributed by atoms with E-state index in [1.54, 1.807) is 0 Å². The van der Waals surface area contributed by atoms with Crippen LogP contribution in [0.5, 0.6) is 0 Å². The Morgan fingerprint density at radius 1 is 1.15 bits per heavy atom. The molecule has 13 heavy (non-hydrogen) atoms. The van der Waals surface area contributed by atoms with Crippen LogP contribution in [0, 0.1) is 12.3 Å². The van der Waals surface area contributed by atoms with Crippen molar-refractivity contribution in [2.75, 3.05) is 6.54 Å². The van der Waals surface area contributed by atoms with E-state index in [4.69, 9.17) is 6.42 Å². The zero-order valence-electron chi connectivity index (χ0n) is 9.10. The Morgan fingerprint density at radius 3 is 2.38 bits per heavy atom. The van der Waals surface area contributed by atoms with Gasteiger partial charge in [0.15, 0.2) is 0 Å². The van der Waals surface area contributed by atoms with Crippen LogP contribution in [0.3, 0.4) is 0 Å². The molecular weight excluding hydrogens is 158 g/mol. The zero-order chi connectivity index (χ0) is 9.94. The molecule has 76 valence electrons. The van der Waals surface area contributed by atoms with Crippen molar-refractivity contribution in [1.29, 1.82) is 0 Å². The van der Waals surface area contributed by atoms with Crippen LogP contribution in [0.15, 0.2) is 0 Å². The minimum absolute atomic E-state index is 0.283. The summed E-state index contributed by atoms with van der Waals surface area (Å²) in [4.78, 5) is 0. The van der Waals surface area contributed by atoms with Crippen molar-refractivity contribution in [3.8, 4) is 12.3 Å². The monoisotopic (exact) mass is 181 g/mol. The lowest BCUT2D eigenvalue weighted by molar-refractivity contribution is 0.544. The van der Waals surface area contributed by atoms with E-state index >= 15 is 0 Å². The van der Waals surface area contributed by atoms with Crippen molar-refractivity contribution in [2.45, 2.75) is 58.4 Å². The van der Waals surface area contributed by atoms with Crippen LogP contribution < -0.4 is 5.32 Å². The number of hydrogen-bond donors (Lipinski definition) is 1. The fourth-order valence-corrected chi connectivity index (χ4v) is 1.33. The molecule has 1 nitrogen and oxygen atoms in total. The predicted molar refractivity (Wildman–Crippen MR) is 59.7 cm³/mol. The van der Waals surface area contributed by atoms with Gasteiger partial charge in [0.25, 0.3) is 0 Å². The van der Waals surface area contributed by atoms with Gasteiger partial charge in [0.2, 0.25) is 0 Å². The number of rotatable bonds is 8. The smallest absolute Gasteiger partial charge is 0.0684 e. The third-order valence-corrected chi connectivity index (χ3v) is 2.28. The van der Waals surface area contributed by atoms with Gasteiger partial charge in [0, 0.05) is 0 Å². The summed E-state index contributed by atoms with van der Waals surface area (Å²) in [7, 11) is 0. The second-order valence-corrected chi connectivity index (χ2v) is 3.50. The molecule has 0 aliphatic heterocycles. The normalized spacial score (nSPS) is 12.4. The van der Waals surface area contributed by atoms with Crippen LogP contribution in [-0.4, -0.2) is 12.6 Å². The van der Waals surface area contributed by atoms with Crippen LogP contribution in [0.2, 0.25) is 0 Å². The summed E-state index contributed by atoms with van der Waals surface area (Å²) < 4.78 is 0. The molecule has 0 radical (unpaired) electrons. The molecule has 0 spiro atoms. The Balaban J connectivity index is 3.11. The summed E-state index contributed by atoms with van der Waals surface area (Å²) in [5.41, 5.74) is 0. The van der Waals surface area contributed by atoms with Gasteiger partial charge in [-0.25, -0.2) is 0 Å².